The van der Waals surface area contributed by atoms with Gasteiger partial charge >= 0.3 is 11.7 Å². The lowest BCUT2D eigenvalue weighted by Crippen LogP contribution is -2.13. The number of carbonyl (C=O) groups excluding carboxylic acids is 1. The molecule has 0 unspecified atom stereocenters. The Labute approximate surface area is 158 Å². The molecule has 1 aromatic carbocycles. The monoisotopic (exact) mass is 387 g/mol. The summed E-state index contributed by atoms with van der Waals surface area (Å²) in [6.45, 7) is 2.00. The van der Waals surface area contributed by atoms with Gasteiger partial charge in [-0.25, -0.2) is 14.3 Å². The number of nitrogens with one attached hydrogen (secondary N) is 1. The second-order valence-corrected chi connectivity index (χ2v) is 7.02. The van der Waals surface area contributed by atoms with Gasteiger partial charge in [0.25, 0.3) is 0 Å². The van der Waals surface area contributed by atoms with E-state index in [4.69, 9.17) is 9.15 Å². The first kappa shape index (κ1) is 17.5. The largest absolute Gasteiger partial charge is 0.450 e. The molecule has 0 saturated heterocycles. The molecular weight excluding hydrogens is 370 g/mol. The van der Waals surface area contributed by atoms with Crippen molar-refractivity contribution in [1.29, 1.82) is 0 Å². The molecule has 1 aliphatic carbocycles. The first-order valence-electron chi connectivity index (χ1n) is 8.55. The third-order valence-corrected chi connectivity index (χ3v) is 5.05. The van der Waals surface area contributed by atoms with Crippen LogP contribution in [0.4, 0.5) is 10.5 Å². The van der Waals surface area contributed by atoms with Gasteiger partial charge in [0.2, 0.25) is 5.16 Å². The average Bonchev–Trinajstić information content (AvgIpc) is 3.37. The molecule has 0 spiro atoms. The van der Waals surface area contributed by atoms with Gasteiger partial charge in [-0.15, -0.1) is 5.10 Å². The third kappa shape index (κ3) is 3.95. The molecule has 10 heteroatoms. The second kappa shape index (κ2) is 7.39. The summed E-state index contributed by atoms with van der Waals surface area (Å²) in [4.78, 5) is 23.5. The second-order valence-electron chi connectivity index (χ2n) is 6.07. The highest BCUT2D eigenvalue weighted by Gasteiger charge is 2.28. The maximum absolute atomic E-state index is 12.0. The fraction of sp³-hybridized carbons (Fsp3) is 0.353. The van der Waals surface area contributed by atoms with Gasteiger partial charge in [-0.1, -0.05) is 11.8 Å². The number of carbonyl (C=O) groups is 1. The normalized spacial score (nSPS) is 13.7. The van der Waals surface area contributed by atoms with E-state index in [-0.39, 0.29) is 6.61 Å². The fourth-order valence-electron chi connectivity index (χ4n) is 2.68. The smallest absolute Gasteiger partial charge is 0.411 e. The molecule has 0 atom stereocenters. The Morgan fingerprint density at radius 2 is 2.26 bits per heavy atom. The van der Waals surface area contributed by atoms with E-state index >= 15 is 0 Å². The summed E-state index contributed by atoms with van der Waals surface area (Å²) in [5.74, 6) is 0.528. The summed E-state index contributed by atoms with van der Waals surface area (Å²) in [6.07, 6.45) is 1.62. The quantitative estimate of drug-likeness (QED) is 0.507. The molecule has 1 fully saturated rings. The van der Waals surface area contributed by atoms with Gasteiger partial charge < -0.3 is 9.15 Å². The zero-order chi connectivity index (χ0) is 18.8. The predicted octanol–water partition coefficient (Wildman–Crippen LogP) is 2.98. The van der Waals surface area contributed by atoms with E-state index in [1.165, 1.54) is 17.8 Å². The fourth-order valence-corrected chi connectivity index (χ4v) is 3.62. The lowest BCUT2D eigenvalue weighted by Gasteiger charge is -2.08. The van der Waals surface area contributed by atoms with E-state index < -0.39 is 11.7 Å². The minimum absolute atomic E-state index is 0.274. The van der Waals surface area contributed by atoms with Crippen molar-refractivity contribution in [2.24, 2.45) is 0 Å². The van der Waals surface area contributed by atoms with E-state index in [2.05, 4.69) is 20.8 Å². The van der Waals surface area contributed by atoms with Crippen LogP contribution in [0.1, 0.15) is 31.4 Å². The van der Waals surface area contributed by atoms with Crippen LogP contribution in [0.25, 0.3) is 11.0 Å². The maximum Gasteiger partial charge on any atom is 0.411 e. The number of amides is 1. The van der Waals surface area contributed by atoms with Crippen LogP contribution < -0.4 is 10.9 Å². The number of tetrazole rings is 1. The van der Waals surface area contributed by atoms with Crippen LogP contribution in [-0.2, 0) is 10.5 Å². The summed E-state index contributed by atoms with van der Waals surface area (Å²) < 4.78 is 12.0. The summed E-state index contributed by atoms with van der Waals surface area (Å²) in [6, 6.07) is 7.01. The molecule has 9 nitrogen and oxygen atoms in total. The first-order valence-corrected chi connectivity index (χ1v) is 9.54. The Morgan fingerprint density at radius 3 is 3.04 bits per heavy atom. The molecule has 1 amide bonds. The number of hydrogen-bond acceptors (Lipinski definition) is 8. The molecule has 1 saturated carbocycles. The van der Waals surface area contributed by atoms with E-state index in [1.54, 1.807) is 25.1 Å². The van der Waals surface area contributed by atoms with Crippen molar-refractivity contribution >= 4 is 34.5 Å². The standard InChI is InChI=1S/C17H17N5O4S/c1-2-25-17(24)18-11-3-6-13-10(7-15(23)26-14(13)8-11)9-27-16-19-20-21-22(16)12-4-5-12/h3,6-8,12H,2,4-5,9H2,1H3,(H,18,24). The van der Waals surface area contributed by atoms with Crippen molar-refractivity contribution < 1.29 is 13.9 Å². The predicted molar refractivity (Wildman–Crippen MR) is 98.8 cm³/mol. The highest BCUT2D eigenvalue weighted by atomic mass is 32.2. The number of rotatable bonds is 6. The van der Waals surface area contributed by atoms with E-state index in [0.29, 0.717) is 23.1 Å². The first-order chi connectivity index (χ1) is 13.1. The molecule has 3 aromatic rings. The molecule has 4 rings (SSSR count). The molecule has 2 aromatic heterocycles. The summed E-state index contributed by atoms with van der Waals surface area (Å²) in [5.41, 5.74) is 1.26. The van der Waals surface area contributed by atoms with Crippen LogP contribution in [0.3, 0.4) is 0 Å². The van der Waals surface area contributed by atoms with Gasteiger partial charge in [-0.3, -0.25) is 5.32 Å². The lowest BCUT2D eigenvalue weighted by atomic mass is 10.1. The maximum atomic E-state index is 12.0. The van der Waals surface area contributed by atoms with E-state index in [9.17, 15) is 9.59 Å². The van der Waals surface area contributed by atoms with Gasteiger partial charge in [0.05, 0.1) is 12.6 Å². The van der Waals surface area contributed by atoms with Crippen LogP contribution in [0.2, 0.25) is 0 Å². The van der Waals surface area contributed by atoms with Gasteiger partial charge in [0.1, 0.15) is 5.58 Å². The summed E-state index contributed by atoms with van der Waals surface area (Å²) >= 11 is 1.48. The zero-order valence-electron chi connectivity index (χ0n) is 14.5. The van der Waals surface area contributed by atoms with Crippen molar-refractivity contribution in [1.82, 2.24) is 20.2 Å². The molecule has 0 aliphatic heterocycles. The van der Waals surface area contributed by atoms with Crippen molar-refractivity contribution in [3.63, 3.8) is 0 Å². The lowest BCUT2D eigenvalue weighted by molar-refractivity contribution is 0.168. The number of anilines is 1. The molecule has 0 bridgehead atoms. The Hall–Kier alpha value is -2.88. The van der Waals surface area contributed by atoms with Crippen LogP contribution in [0, 0.1) is 0 Å². The van der Waals surface area contributed by atoms with Crippen LogP contribution in [0.5, 0.6) is 0 Å². The number of benzene rings is 1. The van der Waals surface area contributed by atoms with Crippen molar-refractivity contribution in [2.45, 2.75) is 36.7 Å². The highest BCUT2D eigenvalue weighted by molar-refractivity contribution is 7.98. The molecular formula is C17H17N5O4S. The minimum Gasteiger partial charge on any atom is -0.450 e. The number of hydrogen-bond donors (Lipinski definition) is 1. The number of nitrogens with zero attached hydrogens (tertiary/aromatic N) is 4. The van der Waals surface area contributed by atoms with Crippen LogP contribution in [-0.4, -0.2) is 32.9 Å². The number of fused-ring (bicyclic) bond motifs is 1. The SMILES string of the molecule is CCOC(=O)Nc1ccc2c(CSc3nnnn3C3CC3)cc(=O)oc2c1. The zero-order valence-corrected chi connectivity index (χ0v) is 15.4. The van der Waals surface area contributed by atoms with Crippen molar-refractivity contribution in [3.05, 3.63) is 40.2 Å². The Balaban J connectivity index is 1.57. The molecule has 140 valence electrons. The Bertz CT molecular complexity index is 1040. The van der Waals surface area contributed by atoms with Gasteiger partial charge in [-0.2, -0.15) is 0 Å². The molecule has 1 aliphatic rings. The summed E-state index contributed by atoms with van der Waals surface area (Å²) in [5, 5.41) is 16.0. The van der Waals surface area contributed by atoms with Crippen molar-refractivity contribution in [2.75, 3.05) is 11.9 Å². The topological polar surface area (TPSA) is 112 Å². The average molecular weight is 387 g/mol. The third-order valence-electron chi connectivity index (χ3n) is 4.06. The summed E-state index contributed by atoms with van der Waals surface area (Å²) in [7, 11) is 0. The van der Waals surface area contributed by atoms with Crippen molar-refractivity contribution in [3.8, 4) is 0 Å². The Kier molecular flexibility index (Phi) is 4.80. The molecule has 0 radical (unpaired) electrons. The molecule has 1 N–H and O–H groups in total. The highest BCUT2D eigenvalue weighted by Crippen LogP contribution is 2.37. The van der Waals surface area contributed by atoms with E-state index in [1.807, 2.05) is 4.68 Å². The van der Waals surface area contributed by atoms with Crippen LogP contribution in [0.15, 0.2) is 38.6 Å². The van der Waals surface area contributed by atoms with Gasteiger partial charge in [-0.05, 0) is 47.9 Å². The molecule has 27 heavy (non-hydrogen) atoms. The minimum atomic E-state index is -0.558. The van der Waals surface area contributed by atoms with Gasteiger partial charge in [0.15, 0.2) is 0 Å². The number of ether oxygens (including phenoxy) is 1. The van der Waals surface area contributed by atoms with E-state index in [0.717, 1.165) is 28.9 Å². The number of aromatic nitrogens is 4. The van der Waals surface area contributed by atoms with Gasteiger partial charge in [0, 0.05) is 29.0 Å². The number of thioether (sulfide) groups is 1. The molecule has 2 heterocycles. The Morgan fingerprint density at radius 1 is 1.41 bits per heavy atom. The van der Waals surface area contributed by atoms with Crippen LogP contribution >= 0.6 is 11.8 Å².